The Labute approximate surface area is 133 Å². The van der Waals surface area contributed by atoms with Crippen LogP contribution in [0.2, 0.25) is 0 Å². The van der Waals surface area contributed by atoms with Crippen LogP contribution in [0.5, 0.6) is 0 Å². The van der Waals surface area contributed by atoms with E-state index < -0.39 is 0 Å². The first-order valence-electron chi connectivity index (χ1n) is 7.43. The van der Waals surface area contributed by atoms with Gasteiger partial charge in [0.25, 0.3) is 0 Å². The number of nitrogens with zero attached hydrogens (tertiary/aromatic N) is 2. The molecule has 21 heavy (non-hydrogen) atoms. The number of benzene rings is 1. The normalized spacial score (nSPS) is 17.6. The molecule has 1 unspecified atom stereocenters. The van der Waals surface area contributed by atoms with Gasteiger partial charge in [0.1, 0.15) is 0 Å². The lowest BCUT2D eigenvalue weighted by molar-refractivity contribution is -0.133. The minimum absolute atomic E-state index is 0. The van der Waals surface area contributed by atoms with Gasteiger partial charge in [0.2, 0.25) is 5.91 Å². The van der Waals surface area contributed by atoms with E-state index >= 15 is 0 Å². The average molecular weight is 312 g/mol. The van der Waals surface area contributed by atoms with Gasteiger partial charge in [-0.2, -0.15) is 0 Å². The van der Waals surface area contributed by atoms with Crippen molar-refractivity contribution in [3.8, 4) is 0 Å². The molecular formula is C16H26ClN3O. The van der Waals surface area contributed by atoms with Crippen molar-refractivity contribution in [2.45, 2.75) is 25.9 Å². The minimum atomic E-state index is 0. The second-order valence-electron chi connectivity index (χ2n) is 5.46. The highest BCUT2D eigenvalue weighted by molar-refractivity contribution is 5.85. The van der Waals surface area contributed by atoms with Gasteiger partial charge in [-0.3, -0.25) is 9.69 Å². The molecule has 1 fully saturated rings. The summed E-state index contributed by atoms with van der Waals surface area (Å²) in [6.45, 7) is 6.06. The van der Waals surface area contributed by atoms with E-state index in [1.807, 2.05) is 37.1 Å². The molecular weight excluding hydrogens is 286 g/mol. The zero-order chi connectivity index (χ0) is 14.4. The fourth-order valence-corrected chi connectivity index (χ4v) is 2.64. The molecule has 0 radical (unpaired) electrons. The summed E-state index contributed by atoms with van der Waals surface area (Å²) in [5, 5.41) is 3.34. The van der Waals surface area contributed by atoms with E-state index in [0.29, 0.717) is 19.1 Å². The molecule has 0 saturated carbocycles. The maximum absolute atomic E-state index is 12.4. The number of rotatable bonds is 6. The van der Waals surface area contributed by atoms with Crippen molar-refractivity contribution in [3.63, 3.8) is 0 Å². The first-order chi connectivity index (χ1) is 9.70. The third kappa shape index (κ3) is 5.30. The topological polar surface area (TPSA) is 35.6 Å². The van der Waals surface area contributed by atoms with Gasteiger partial charge in [-0.25, -0.2) is 0 Å². The molecule has 1 amide bonds. The van der Waals surface area contributed by atoms with Crippen molar-refractivity contribution < 1.29 is 4.79 Å². The second kappa shape index (κ2) is 9.03. The first kappa shape index (κ1) is 18.0. The fraction of sp³-hybridized carbons (Fsp3) is 0.562. The Morgan fingerprint density at radius 2 is 2.05 bits per heavy atom. The third-order valence-corrected chi connectivity index (χ3v) is 3.99. The van der Waals surface area contributed by atoms with Crippen LogP contribution in [-0.2, 0) is 11.3 Å². The van der Waals surface area contributed by atoms with Gasteiger partial charge in [-0.05, 0) is 32.5 Å². The van der Waals surface area contributed by atoms with E-state index in [4.69, 9.17) is 0 Å². The molecule has 1 aromatic carbocycles. The van der Waals surface area contributed by atoms with Crippen LogP contribution >= 0.6 is 12.4 Å². The number of amides is 1. The Morgan fingerprint density at radius 3 is 2.62 bits per heavy atom. The van der Waals surface area contributed by atoms with Crippen LogP contribution in [0.4, 0.5) is 0 Å². The van der Waals surface area contributed by atoms with Crippen molar-refractivity contribution in [2.75, 3.05) is 33.2 Å². The average Bonchev–Trinajstić information content (AvgIpc) is 3.00. The number of hydrogen-bond acceptors (Lipinski definition) is 3. The Hall–Kier alpha value is -1.10. The van der Waals surface area contributed by atoms with E-state index in [1.165, 1.54) is 5.56 Å². The van der Waals surface area contributed by atoms with Crippen molar-refractivity contribution in [2.24, 2.45) is 0 Å². The summed E-state index contributed by atoms with van der Waals surface area (Å²) in [5.74, 6) is 0.214. The molecule has 0 bridgehead atoms. The molecule has 118 valence electrons. The van der Waals surface area contributed by atoms with Gasteiger partial charge >= 0.3 is 0 Å². The van der Waals surface area contributed by atoms with Crippen LogP contribution in [0.1, 0.15) is 18.9 Å². The monoisotopic (exact) mass is 311 g/mol. The third-order valence-electron chi connectivity index (χ3n) is 3.99. The maximum Gasteiger partial charge on any atom is 0.237 e. The predicted molar refractivity (Wildman–Crippen MR) is 88.7 cm³/mol. The highest BCUT2D eigenvalue weighted by Crippen LogP contribution is 2.08. The van der Waals surface area contributed by atoms with Crippen LogP contribution < -0.4 is 5.32 Å². The van der Waals surface area contributed by atoms with Gasteiger partial charge in [0, 0.05) is 25.7 Å². The van der Waals surface area contributed by atoms with Gasteiger partial charge in [-0.15, -0.1) is 12.4 Å². The quantitative estimate of drug-likeness (QED) is 0.869. The summed E-state index contributed by atoms with van der Waals surface area (Å²) >= 11 is 0. The highest BCUT2D eigenvalue weighted by atomic mass is 35.5. The zero-order valence-corrected chi connectivity index (χ0v) is 13.7. The smallest absolute Gasteiger partial charge is 0.237 e. The Balaban J connectivity index is 0.00000220. The standard InChI is InChI=1S/C16H25N3O.ClH/c1-3-19(12-14-7-5-4-6-8-14)16(20)13-18(2)15-9-10-17-11-15;/h4-8,15,17H,3,9-13H2,1-2H3;1H. The lowest BCUT2D eigenvalue weighted by Crippen LogP contribution is -2.43. The van der Waals surface area contributed by atoms with Crippen LogP contribution in [0.3, 0.4) is 0 Å². The van der Waals surface area contributed by atoms with E-state index in [0.717, 1.165) is 26.1 Å². The van der Waals surface area contributed by atoms with Crippen molar-refractivity contribution in [1.82, 2.24) is 15.1 Å². The zero-order valence-electron chi connectivity index (χ0n) is 12.9. The molecule has 1 aliphatic rings. The SMILES string of the molecule is CCN(Cc1ccccc1)C(=O)CN(C)C1CCNC1.Cl. The molecule has 1 aliphatic heterocycles. The Morgan fingerprint density at radius 1 is 1.33 bits per heavy atom. The number of carbonyl (C=O) groups is 1. The predicted octanol–water partition coefficient (Wildman–Crippen LogP) is 1.75. The summed E-state index contributed by atoms with van der Waals surface area (Å²) in [6, 6.07) is 10.7. The number of nitrogens with one attached hydrogen (secondary N) is 1. The fourth-order valence-electron chi connectivity index (χ4n) is 2.64. The van der Waals surface area contributed by atoms with Crippen LogP contribution in [-0.4, -0.2) is 55.0 Å². The first-order valence-corrected chi connectivity index (χ1v) is 7.43. The number of carbonyl (C=O) groups excluding carboxylic acids is 1. The Bertz CT molecular complexity index is 421. The maximum atomic E-state index is 12.4. The summed E-state index contributed by atoms with van der Waals surface area (Å²) in [7, 11) is 2.05. The molecule has 1 heterocycles. The lowest BCUT2D eigenvalue weighted by atomic mass is 10.2. The molecule has 1 aromatic rings. The van der Waals surface area contributed by atoms with Crippen molar-refractivity contribution >= 4 is 18.3 Å². The summed E-state index contributed by atoms with van der Waals surface area (Å²) in [5.41, 5.74) is 1.19. The summed E-state index contributed by atoms with van der Waals surface area (Å²) < 4.78 is 0. The van der Waals surface area contributed by atoms with E-state index in [1.54, 1.807) is 0 Å². The molecule has 0 aromatic heterocycles. The highest BCUT2D eigenvalue weighted by Gasteiger charge is 2.22. The van der Waals surface area contributed by atoms with E-state index in [-0.39, 0.29) is 18.3 Å². The summed E-state index contributed by atoms with van der Waals surface area (Å²) in [6.07, 6.45) is 1.13. The molecule has 4 nitrogen and oxygen atoms in total. The molecule has 5 heteroatoms. The molecule has 0 spiro atoms. The Kier molecular flexibility index (Phi) is 7.72. The summed E-state index contributed by atoms with van der Waals surface area (Å²) in [4.78, 5) is 16.5. The number of halogens is 1. The second-order valence-corrected chi connectivity index (χ2v) is 5.46. The van der Waals surface area contributed by atoms with Crippen LogP contribution in [0.15, 0.2) is 30.3 Å². The minimum Gasteiger partial charge on any atom is -0.338 e. The van der Waals surface area contributed by atoms with Gasteiger partial charge in [0.05, 0.1) is 6.54 Å². The molecule has 1 N–H and O–H groups in total. The van der Waals surface area contributed by atoms with Crippen molar-refractivity contribution in [1.29, 1.82) is 0 Å². The van der Waals surface area contributed by atoms with E-state index in [2.05, 4.69) is 22.3 Å². The molecule has 2 rings (SSSR count). The molecule has 1 saturated heterocycles. The van der Waals surface area contributed by atoms with Gasteiger partial charge in [0.15, 0.2) is 0 Å². The largest absolute Gasteiger partial charge is 0.338 e. The van der Waals surface area contributed by atoms with E-state index in [9.17, 15) is 4.79 Å². The van der Waals surface area contributed by atoms with Crippen molar-refractivity contribution in [3.05, 3.63) is 35.9 Å². The lowest BCUT2D eigenvalue weighted by Gasteiger charge is -2.27. The molecule has 1 atom stereocenters. The van der Waals surface area contributed by atoms with Crippen LogP contribution in [0, 0.1) is 0 Å². The van der Waals surface area contributed by atoms with Crippen LogP contribution in [0.25, 0.3) is 0 Å². The van der Waals surface area contributed by atoms with Gasteiger partial charge in [-0.1, -0.05) is 30.3 Å². The number of hydrogen-bond donors (Lipinski definition) is 1. The van der Waals surface area contributed by atoms with Gasteiger partial charge < -0.3 is 10.2 Å². The number of likely N-dealkylation sites (N-methyl/N-ethyl adjacent to an activating group) is 2. The molecule has 0 aliphatic carbocycles.